The lowest BCUT2D eigenvalue weighted by atomic mass is 10.1. The van der Waals surface area contributed by atoms with Gasteiger partial charge in [-0.2, -0.15) is 0 Å². The molecule has 0 aliphatic heterocycles. The van der Waals surface area contributed by atoms with Gasteiger partial charge in [-0.05, 0) is 29.7 Å². The first kappa shape index (κ1) is 17.8. The van der Waals surface area contributed by atoms with E-state index in [0.29, 0.717) is 28.7 Å². The summed E-state index contributed by atoms with van der Waals surface area (Å²) >= 11 is 0. The molecule has 0 bridgehead atoms. The monoisotopic (exact) mass is 366 g/mol. The van der Waals surface area contributed by atoms with Crippen molar-refractivity contribution in [2.75, 3.05) is 0 Å². The molecule has 0 aliphatic carbocycles. The molecule has 3 aromatic rings. The van der Waals surface area contributed by atoms with Crippen LogP contribution in [-0.2, 0) is 10.0 Å². The molecular formula is C20H18N2O3S. The molecule has 0 aliphatic rings. The highest BCUT2D eigenvalue weighted by Crippen LogP contribution is 2.33. The van der Waals surface area contributed by atoms with Gasteiger partial charge in [-0.3, -0.25) is 9.78 Å². The molecule has 1 atom stereocenters. The summed E-state index contributed by atoms with van der Waals surface area (Å²) in [6.45, 7) is 5.43. The van der Waals surface area contributed by atoms with Crippen molar-refractivity contribution in [3.8, 4) is 11.3 Å². The largest absolute Gasteiger partial charge is 0.298 e. The van der Waals surface area contributed by atoms with Crippen molar-refractivity contribution in [3.63, 3.8) is 0 Å². The van der Waals surface area contributed by atoms with Gasteiger partial charge in [0.15, 0.2) is 6.29 Å². The van der Waals surface area contributed by atoms with Crippen LogP contribution in [-0.4, -0.2) is 23.7 Å². The summed E-state index contributed by atoms with van der Waals surface area (Å²) in [6, 6.07) is 12.5. The maximum absolute atomic E-state index is 13.4. The van der Waals surface area contributed by atoms with Crippen molar-refractivity contribution < 1.29 is 13.2 Å². The van der Waals surface area contributed by atoms with Gasteiger partial charge in [0.1, 0.15) is 5.25 Å². The van der Waals surface area contributed by atoms with Gasteiger partial charge < -0.3 is 0 Å². The van der Waals surface area contributed by atoms with Gasteiger partial charge in [-0.1, -0.05) is 42.5 Å². The zero-order valence-electron chi connectivity index (χ0n) is 14.2. The first-order valence-electron chi connectivity index (χ1n) is 8.00. The summed E-state index contributed by atoms with van der Waals surface area (Å²) < 4.78 is 28.0. The first-order chi connectivity index (χ1) is 12.5. The number of rotatable bonds is 6. The van der Waals surface area contributed by atoms with Crippen molar-refractivity contribution in [2.45, 2.75) is 12.2 Å². The van der Waals surface area contributed by atoms with E-state index in [4.69, 9.17) is 0 Å². The third-order valence-corrected chi connectivity index (χ3v) is 6.20. The van der Waals surface area contributed by atoms with Crippen LogP contribution in [0.1, 0.15) is 26.7 Å². The fourth-order valence-electron chi connectivity index (χ4n) is 2.95. The Hall–Kier alpha value is -2.99. The van der Waals surface area contributed by atoms with Crippen LogP contribution in [0.25, 0.3) is 11.3 Å². The second-order valence-electron chi connectivity index (χ2n) is 5.83. The molecule has 0 saturated carbocycles. The van der Waals surface area contributed by atoms with Crippen molar-refractivity contribution in [2.24, 2.45) is 0 Å². The highest BCUT2D eigenvalue weighted by Gasteiger charge is 2.30. The minimum Gasteiger partial charge on any atom is -0.298 e. The van der Waals surface area contributed by atoms with Crippen molar-refractivity contribution in [1.29, 1.82) is 0 Å². The van der Waals surface area contributed by atoms with Crippen LogP contribution in [0.3, 0.4) is 0 Å². The predicted molar refractivity (Wildman–Crippen MR) is 101 cm³/mol. The van der Waals surface area contributed by atoms with E-state index in [1.165, 1.54) is 22.4 Å². The van der Waals surface area contributed by atoms with E-state index in [1.54, 1.807) is 25.3 Å². The van der Waals surface area contributed by atoms with Crippen LogP contribution >= 0.6 is 0 Å². The Labute approximate surface area is 152 Å². The van der Waals surface area contributed by atoms with Crippen LogP contribution in [0.2, 0.25) is 0 Å². The highest BCUT2D eigenvalue weighted by molar-refractivity contribution is 7.90. The Morgan fingerprint density at radius 3 is 2.46 bits per heavy atom. The summed E-state index contributed by atoms with van der Waals surface area (Å²) in [5.41, 5.74) is 2.66. The molecule has 0 radical (unpaired) electrons. The Kier molecular flexibility index (Phi) is 4.86. The molecule has 0 saturated heterocycles. The molecule has 3 rings (SSSR count). The van der Waals surface area contributed by atoms with Crippen LogP contribution < -0.4 is 0 Å². The van der Waals surface area contributed by atoms with Crippen LogP contribution in [0.4, 0.5) is 0 Å². The standard InChI is InChI=1S/C20H18N2O3S/c1-3-19(17-10-7-11-21-12-17)26(24,25)22-13-18(14-23)15(2)20(22)16-8-5-4-6-9-16/h3-14,19H,1H2,2H3. The molecule has 1 unspecified atom stereocenters. The second kappa shape index (κ2) is 7.09. The minimum atomic E-state index is -3.90. The quantitative estimate of drug-likeness (QED) is 0.492. The van der Waals surface area contributed by atoms with E-state index in [9.17, 15) is 13.2 Å². The lowest BCUT2D eigenvalue weighted by molar-refractivity contribution is 0.112. The average molecular weight is 366 g/mol. The van der Waals surface area contributed by atoms with Gasteiger partial charge >= 0.3 is 0 Å². The number of aldehydes is 1. The molecule has 2 heterocycles. The number of benzene rings is 1. The van der Waals surface area contributed by atoms with E-state index >= 15 is 0 Å². The fourth-order valence-corrected chi connectivity index (χ4v) is 4.67. The van der Waals surface area contributed by atoms with Crippen LogP contribution in [0.15, 0.2) is 73.7 Å². The molecular weight excluding hydrogens is 348 g/mol. The maximum Gasteiger partial charge on any atom is 0.249 e. The number of aromatic nitrogens is 2. The van der Waals surface area contributed by atoms with Gasteiger partial charge in [0.25, 0.3) is 0 Å². The van der Waals surface area contributed by atoms with Gasteiger partial charge in [0, 0.05) is 24.2 Å². The maximum atomic E-state index is 13.4. The van der Waals surface area contributed by atoms with E-state index in [-0.39, 0.29) is 0 Å². The number of hydrogen-bond donors (Lipinski definition) is 0. The Balaban J connectivity index is 2.25. The van der Waals surface area contributed by atoms with E-state index < -0.39 is 15.3 Å². The van der Waals surface area contributed by atoms with E-state index in [0.717, 1.165) is 5.56 Å². The normalized spacial score (nSPS) is 12.5. The fraction of sp³-hybridized carbons (Fsp3) is 0.100. The average Bonchev–Trinajstić information content (AvgIpc) is 3.01. The Morgan fingerprint density at radius 2 is 1.88 bits per heavy atom. The molecule has 2 aromatic heterocycles. The lowest BCUT2D eigenvalue weighted by Gasteiger charge is -2.18. The predicted octanol–water partition coefficient (Wildman–Crippen LogP) is 3.78. The Morgan fingerprint density at radius 1 is 1.15 bits per heavy atom. The number of nitrogens with zero attached hydrogens (tertiary/aromatic N) is 2. The summed E-state index contributed by atoms with van der Waals surface area (Å²) in [6.07, 6.45) is 6.49. The highest BCUT2D eigenvalue weighted by atomic mass is 32.2. The summed E-state index contributed by atoms with van der Waals surface area (Å²) in [7, 11) is -3.90. The summed E-state index contributed by atoms with van der Waals surface area (Å²) in [5, 5.41) is -0.982. The summed E-state index contributed by atoms with van der Waals surface area (Å²) in [5.74, 6) is 0. The number of carbonyl (C=O) groups is 1. The number of hydrogen-bond acceptors (Lipinski definition) is 4. The molecule has 0 spiro atoms. The third-order valence-electron chi connectivity index (χ3n) is 4.26. The molecule has 132 valence electrons. The van der Waals surface area contributed by atoms with Crippen molar-refractivity contribution in [1.82, 2.24) is 8.96 Å². The molecule has 26 heavy (non-hydrogen) atoms. The van der Waals surface area contributed by atoms with Gasteiger partial charge in [0.05, 0.1) is 5.69 Å². The molecule has 0 fully saturated rings. The summed E-state index contributed by atoms with van der Waals surface area (Å²) in [4.78, 5) is 15.4. The lowest BCUT2D eigenvalue weighted by Crippen LogP contribution is -2.20. The van der Waals surface area contributed by atoms with Crippen LogP contribution in [0, 0.1) is 6.92 Å². The van der Waals surface area contributed by atoms with Crippen molar-refractivity contribution in [3.05, 3.63) is 90.4 Å². The van der Waals surface area contributed by atoms with Gasteiger partial charge in [-0.15, -0.1) is 6.58 Å². The van der Waals surface area contributed by atoms with E-state index in [2.05, 4.69) is 11.6 Å². The van der Waals surface area contributed by atoms with Crippen molar-refractivity contribution >= 4 is 16.3 Å². The molecule has 6 heteroatoms. The Bertz CT molecular complexity index is 1040. The SMILES string of the molecule is C=CC(c1cccnc1)S(=O)(=O)n1cc(C=O)c(C)c1-c1ccccc1. The van der Waals surface area contributed by atoms with Crippen LogP contribution in [0.5, 0.6) is 0 Å². The van der Waals surface area contributed by atoms with E-state index in [1.807, 2.05) is 30.3 Å². The first-order valence-corrected chi connectivity index (χ1v) is 9.50. The topological polar surface area (TPSA) is 69.0 Å². The zero-order chi connectivity index (χ0) is 18.7. The molecule has 5 nitrogen and oxygen atoms in total. The van der Waals surface area contributed by atoms with Gasteiger partial charge in [0.2, 0.25) is 10.0 Å². The molecule has 0 N–H and O–H groups in total. The smallest absolute Gasteiger partial charge is 0.249 e. The third kappa shape index (κ3) is 2.99. The second-order valence-corrected chi connectivity index (χ2v) is 7.76. The number of pyridine rings is 1. The minimum absolute atomic E-state index is 0.335. The van der Waals surface area contributed by atoms with Gasteiger partial charge in [-0.25, -0.2) is 12.4 Å². The number of carbonyl (C=O) groups excluding carboxylic acids is 1. The molecule has 0 amide bonds. The zero-order valence-corrected chi connectivity index (χ0v) is 15.1. The molecule has 1 aromatic carbocycles.